The van der Waals surface area contributed by atoms with Crippen molar-refractivity contribution in [2.24, 2.45) is 11.8 Å². The van der Waals surface area contributed by atoms with Gasteiger partial charge in [0.2, 0.25) is 0 Å². The van der Waals surface area contributed by atoms with Crippen LogP contribution >= 0.6 is 0 Å². The second-order valence-electron chi connectivity index (χ2n) is 12.6. The summed E-state index contributed by atoms with van der Waals surface area (Å²) in [5, 5.41) is 12.0. The van der Waals surface area contributed by atoms with Crippen LogP contribution in [-0.2, 0) is 19.1 Å². The average Bonchev–Trinajstić information content (AvgIpc) is 3.00. The number of nitrogens with one attached hydrogen (secondary N) is 1. The van der Waals surface area contributed by atoms with E-state index in [4.69, 9.17) is 14.6 Å². The van der Waals surface area contributed by atoms with Crippen LogP contribution in [0.15, 0.2) is 58.7 Å². The van der Waals surface area contributed by atoms with Gasteiger partial charge in [0.15, 0.2) is 6.10 Å². The molecule has 0 aromatic carbocycles. The van der Waals surface area contributed by atoms with Crippen LogP contribution in [0.2, 0.25) is 0 Å². The SMILES string of the molecule is C[C@H](OCC(=O)O)[C@@H](OCCCCCC1=CC=C2C=CCCC2C1)C(=O)NCCCCCC1C=C2CCCCC2=CC1. The lowest BCUT2D eigenvalue weighted by molar-refractivity contribution is -0.154. The normalized spacial score (nSPS) is 23.0. The van der Waals surface area contributed by atoms with Gasteiger partial charge in [-0.15, -0.1) is 0 Å². The Bertz CT molecular complexity index is 1050. The predicted molar refractivity (Wildman–Crippen MR) is 168 cm³/mol. The number of carbonyl (C=O) groups excluding carboxylic acids is 1. The Hall–Kier alpha value is -2.44. The van der Waals surface area contributed by atoms with Crippen LogP contribution in [0.5, 0.6) is 0 Å². The molecule has 42 heavy (non-hydrogen) atoms. The lowest BCUT2D eigenvalue weighted by Crippen LogP contribution is -2.45. The minimum absolute atomic E-state index is 0.212. The molecular weight excluding hydrogens is 526 g/mol. The topological polar surface area (TPSA) is 84.9 Å². The average molecular weight is 580 g/mol. The first-order valence-corrected chi connectivity index (χ1v) is 16.7. The molecule has 1 amide bonds. The number of carbonyl (C=O) groups is 2. The highest BCUT2D eigenvalue weighted by Crippen LogP contribution is 2.36. The number of ether oxygens (including phenoxy) is 2. The zero-order valence-corrected chi connectivity index (χ0v) is 25.8. The molecular formula is C36H53NO5. The third-order valence-electron chi connectivity index (χ3n) is 9.29. The highest BCUT2D eigenvalue weighted by molar-refractivity contribution is 5.81. The summed E-state index contributed by atoms with van der Waals surface area (Å²) in [5.41, 5.74) is 6.22. The molecule has 4 atom stereocenters. The molecule has 4 aliphatic carbocycles. The number of aliphatic carboxylic acids is 1. The van der Waals surface area contributed by atoms with Gasteiger partial charge in [0.1, 0.15) is 6.61 Å². The highest BCUT2D eigenvalue weighted by atomic mass is 16.6. The summed E-state index contributed by atoms with van der Waals surface area (Å²) in [4.78, 5) is 24.0. The van der Waals surface area contributed by atoms with Crippen LogP contribution in [-0.4, -0.2) is 48.9 Å². The number of fused-ring (bicyclic) bond motifs is 2. The molecule has 0 radical (unpaired) electrons. The van der Waals surface area contributed by atoms with Crippen LogP contribution in [0.4, 0.5) is 0 Å². The Morgan fingerprint density at radius 3 is 2.71 bits per heavy atom. The fourth-order valence-corrected chi connectivity index (χ4v) is 6.81. The molecule has 2 unspecified atom stereocenters. The molecule has 0 spiro atoms. The Labute approximate surface area is 253 Å². The van der Waals surface area contributed by atoms with Gasteiger partial charge in [0.05, 0.1) is 6.10 Å². The molecule has 0 aromatic heterocycles. The second-order valence-corrected chi connectivity index (χ2v) is 12.6. The number of unbranched alkanes of at least 4 members (excludes halogenated alkanes) is 4. The predicted octanol–water partition coefficient (Wildman–Crippen LogP) is 7.77. The van der Waals surface area contributed by atoms with Gasteiger partial charge in [0.25, 0.3) is 5.91 Å². The maximum Gasteiger partial charge on any atom is 0.329 e. The van der Waals surface area contributed by atoms with Crippen molar-refractivity contribution in [1.29, 1.82) is 0 Å². The summed E-state index contributed by atoms with van der Waals surface area (Å²) in [5.74, 6) is 0.103. The van der Waals surface area contributed by atoms with Gasteiger partial charge < -0.3 is 19.9 Å². The molecule has 232 valence electrons. The smallest absolute Gasteiger partial charge is 0.329 e. The van der Waals surface area contributed by atoms with Gasteiger partial charge in [-0.25, -0.2) is 4.79 Å². The minimum atomic E-state index is -1.05. The fourth-order valence-electron chi connectivity index (χ4n) is 6.81. The molecule has 0 aromatic rings. The highest BCUT2D eigenvalue weighted by Gasteiger charge is 2.27. The summed E-state index contributed by atoms with van der Waals surface area (Å²) in [6.07, 6.45) is 31.2. The number of carboxylic acids is 1. The van der Waals surface area contributed by atoms with Crippen molar-refractivity contribution in [3.63, 3.8) is 0 Å². The minimum Gasteiger partial charge on any atom is -0.480 e. The molecule has 4 aliphatic rings. The molecule has 2 N–H and O–H groups in total. The maximum atomic E-state index is 13.0. The molecule has 1 saturated carbocycles. The Morgan fingerprint density at radius 1 is 1.02 bits per heavy atom. The van der Waals surface area contributed by atoms with Gasteiger partial charge in [-0.3, -0.25) is 4.79 Å². The van der Waals surface area contributed by atoms with E-state index in [-0.39, 0.29) is 5.91 Å². The number of allylic oxidation sites excluding steroid dienone is 10. The van der Waals surface area contributed by atoms with E-state index in [1.165, 1.54) is 63.4 Å². The number of carboxylic acid groups (broad SMARTS) is 1. The van der Waals surface area contributed by atoms with Crippen LogP contribution in [0.25, 0.3) is 0 Å². The van der Waals surface area contributed by atoms with Crippen LogP contribution in [0, 0.1) is 11.8 Å². The Morgan fingerprint density at radius 2 is 1.86 bits per heavy atom. The summed E-state index contributed by atoms with van der Waals surface area (Å²) in [6.45, 7) is 2.34. The lowest BCUT2D eigenvalue weighted by Gasteiger charge is -2.26. The summed E-state index contributed by atoms with van der Waals surface area (Å²) in [7, 11) is 0. The van der Waals surface area contributed by atoms with Gasteiger partial charge in [-0.05, 0) is 119 Å². The van der Waals surface area contributed by atoms with Gasteiger partial charge >= 0.3 is 5.97 Å². The Balaban J connectivity index is 1.10. The van der Waals surface area contributed by atoms with E-state index in [1.807, 2.05) is 0 Å². The van der Waals surface area contributed by atoms with Crippen molar-refractivity contribution in [2.45, 2.75) is 122 Å². The standard InChI is InChI=1S/C36H53NO5/c1-27(42-26-34(38)39)35(41-23-11-3-5-13-29-19-21-31-15-7-9-17-33(31)25-29)36(40)37-22-10-2-4-12-28-18-20-30-14-6-8-16-32(30)24-28/h7,15,19-21,24,27-28,33,35H,2-6,8-14,16-18,22-23,25-26H2,1H3,(H,37,40)(H,38,39)/t27-,28?,33?,35+/m0/s1. The quantitative estimate of drug-likeness (QED) is 0.162. The van der Waals surface area contributed by atoms with Crippen molar-refractivity contribution >= 4 is 11.9 Å². The van der Waals surface area contributed by atoms with E-state index in [2.05, 4.69) is 41.8 Å². The lowest BCUT2D eigenvalue weighted by atomic mass is 9.80. The first-order chi connectivity index (χ1) is 20.5. The zero-order valence-electron chi connectivity index (χ0n) is 25.8. The molecule has 0 bridgehead atoms. The zero-order chi connectivity index (χ0) is 29.6. The third-order valence-corrected chi connectivity index (χ3v) is 9.29. The second kappa shape index (κ2) is 17.6. The molecule has 0 heterocycles. The van der Waals surface area contributed by atoms with Crippen molar-refractivity contribution in [3.8, 4) is 0 Å². The van der Waals surface area contributed by atoms with E-state index in [9.17, 15) is 9.59 Å². The largest absolute Gasteiger partial charge is 0.480 e. The number of rotatable bonds is 18. The maximum absolute atomic E-state index is 13.0. The summed E-state index contributed by atoms with van der Waals surface area (Å²) < 4.78 is 11.4. The van der Waals surface area contributed by atoms with E-state index in [0.717, 1.165) is 44.9 Å². The van der Waals surface area contributed by atoms with Crippen molar-refractivity contribution in [2.75, 3.05) is 19.8 Å². The van der Waals surface area contributed by atoms with Crippen LogP contribution in [0.3, 0.4) is 0 Å². The monoisotopic (exact) mass is 579 g/mol. The van der Waals surface area contributed by atoms with E-state index in [1.54, 1.807) is 23.6 Å². The first kappa shape index (κ1) is 32.5. The van der Waals surface area contributed by atoms with Gasteiger partial charge in [-0.2, -0.15) is 0 Å². The van der Waals surface area contributed by atoms with E-state index < -0.39 is 24.8 Å². The molecule has 0 saturated heterocycles. The van der Waals surface area contributed by atoms with Crippen molar-refractivity contribution in [1.82, 2.24) is 5.32 Å². The molecule has 4 rings (SSSR count). The van der Waals surface area contributed by atoms with Gasteiger partial charge in [-0.1, -0.05) is 61.3 Å². The van der Waals surface area contributed by atoms with Gasteiger partial charge in [0, 0.05) is 13.2 Å². The van der Waals surface area contributed by atoms with E-state index >= 15 is 0 Å². The molecule has 1 fully saturated rings. The molecule has 0 aliphatic heterocycles. The van der Waals surface area contributed by atoms with E-state index in [0.29, 0.717) is 25.0 Å². The molecule has 6 nitrogen and oxygen atoms in total. The van der Waals surface area contributed by atoms with Crippen molar-refractivity contribution < 1.29 is 24.2 Å². The Kier molecular flexibility index (Phi) is 13.6. The van der Waals surface area contributed by atoms with Crippen molar-refractivity contribution in [3.05, 3.63) is 58.7 Å². The van der Waals surface area contributed by atoms with Crippen LogP contribution in [0.1, 0.15) is 110 Å². The number of hydrogen-bond donors (Lipinski definition) is 2. The van der Waals surface area contributed by atoms with Crippen LogP contribution < -0.4 is 5.32 Å². The number of amides is 1. The summed E-state index contributed by atoms with van der Waals surface area (Å²) in [6, 6.07) is 0. The third kappa shape index (κ3) is 10.7. The first-order valence-electron chi connectivity index (χ1n) is 16.7. The molecule has 6 heteroatoms. The summed E-state index contributed by atoms with van der Waals surface area (Å²) >= 11 is 0. The number of hydrogen-bond acceptors (Lipinski definition) is 4. The fraction of sp³-hybridized carbons (Fsp3) is 0.667.